The van der Waals surface area contributed by atoms with Crippen molar-refractivity contribution in [1.82, 2.24) is 10.4 Å². The van der Waals surface area contributed by atoms with Crippen LogP contribution in [0.3, 0.4) is 0 Å². The van der Waals surface area contributed by atoms with Gasteiger partial charge in [-0.2, -0.15) is 18.2 Å². The molecule has 0 spiro atoms. The molecule has 3 rings (SSSR count). The highest BCUT2D eigenvalue weighted by Gasteiger charge is 2.34. The Morgan fingerprint density at radius 3 is 2.30 bits per heavy atom. The van der Waals surface area contributed by atoms with Gasteiger partial charge in [0.1, 0.15) is 0 Å². The number of hydrazine groups is 1. The van der Waals surface area contributed by atoms with E-state index in [1.165, 1.54) is 18.2 Å². The van der Waals surface area contributed by atoms with E-state index in [9.17, 15) is 22.8 Å². The molecule has 0 radical (unpaired) electrons. The number of carbonyl (C=O) groups is 2. The number of alkyl halides is 3. The standard InChI is InChI=1S/C18H11F3N2O2S2/c19-18(20,21)13-8-6-11(7-9-13)10-14-16(25)23(17(26)27-14)22-15(24)12-4-2-1-3-5-12/h1-10H,(H,22,24)/b14-10-. The summed E-state index contributed by atoms with van der Waals surface area (Å²) in [5, 5.41) is 0.950. The second-order valence-corrected chi connectivity index (χ2v) is 7.12. The number of carbonyl (C=O) groups excluding carboxylic acids is 2. The number of amides is 2. The van der Waals surface area contributed by atoms with Gasteiger partial charge in [-0.3, -0.25) is 15.0 Å². The normalized spacial score (nSPS) is 16.1. The van der Waals surface area contributed by atoms with Crippen LogP contribution in [0, 0.1) is 0 Å². The molecule has 9 heteroatoms. The fourth-order valence-electron chi connectivity index (χ4n) is 2.24. The number of halogens is 3. The van der Waals surface area contributed by atoms with Gasteiger partial charge in [0.2, 0.25) is 0 Å². The Labute approximate surface area is 162 Å². The monoisotopic (exact) mass is 408 g/mol. The van der Waals surface area contributed by atoms with E-state index in [1.807, 2.05) is 0 Å². The summed E-state index contributed by atoms with van der Waals surface area (Å²) in [6, 6.07) is 12.7. The van der Waals surface area contributed by atoms with Crippen LogP contribution in [-0.4, -0.2) is 21.1 Å². The Morgan fingerprint density at radius 2 is 1.70 bits per heavy atom. The van der Waals surface area contributed by atoms with Gasteiger partial charge >= 0.3 is 6.18 Å². The van der Waals surface area contributed by atoms with Crippen LogP contribution >= 0.6 is 24.0 Å². The van der Waals surface area contributed by atoms with Crippen LogP contribution in [0.15, 0.2) is 59.5 Å². The van der Waals surface area contributed by atoms with Gasteiger partial charge in [-0.05, 0) is 48.1 Å². The van der Waals surface area contributed by atoms with Gasteiger partial charge in [0, 0.05) is 5.56 Å². The highest BCUT2D eigenvalue weighted by Crippen LogP contribution is 2.33. The Morgan fingerprint density at radius 1 is 1.07 bits per heavy atom. The molecular weight excluding hydrogens is 397 g/mol. The first-order valence-electron chi connectivity index (χ1n) is 7.57. The van der Waals surface area contributed by atoms with E-state index in [2.05, 4.69) is 5.43 Å². The van der Waals surface area contributed by atoms with Crippen LogP contribution in [0.5, 0.6) is 0 Å². The van der Waals surface area contributed by atoms with Crippen LogP contribution < -0.4 is 5.43 Å². The molecule has 1 heterocycles. The smallest absolute Gasteiger partial charge is 0.267 e. The van der Waals surface area contributed by atoms with Gasteiger partial charge in [0.15, 0.2) is 4.32 Å². The van der Waals surface area contributed by atoms with Crippen molar-refractivity contribution in [3.8, 4) is 0 Å². The number of nitrogens with zero attached hydrogens (tertiary/aromatic N) is 1. The Hall–Kier alpha value is -2.65. The molecule has 0 atom stereocenters. The number of thiocarbonyl (C=S) groups is 1. The summed E-state index contributed by atoms with van der Waals surface area (Å²) in [6.45, 7) is 0. The zero-order valence-corrected chi connectivity index (χ0v) is 15.1. The SMILES string of the molecule is O=C(NN1C(=O)/C(=C/c2ccc(C(F)(F)F)cc2)SC1=S)c1ccccc1. The third-order valence-electron chi connectivity index (χ3n) is 3.58. The average molecular weight is 408 g/mol. The van der Waals surface area contributed by atoms with Crippen LogP contribution in [0.25, 0.3) is 6.08 Å². The summed E-state index contributed by atoms with van der Waals surface area (Å²) in [6.07, 6.45) is -3.00. The molecule has 2 aromatic carbocycles. The average Bonchev–Trinajstić information content (AvgIpc) is 2.89. The van der Waals surface area contributed by atoms with E-state index >= 15 is 0 Å². The summed E-state index contributed by atoms with van der Waals surface area (Å²) < 4.78 is 38.0. The van der Waals surface area contributed by atoms with E-state index in [0.29, 0.717) is 11.1 Å². The van der Waals surface area contributed by atoms with Gasteiger partial charge in [0.25, 0.3) is 11.8 Å². The molecule has 0 unspecified atom stereocenters. The second kappa shape index (κ2) is 7.53. The molecule has 138 valence electrons. The minimum atomic E-state index is -4.43. The Balaban J connectivity index is 1.75. The fourth-order valence-corrected chi connectivity index (χ4v) is 3.42. The first-order chi connectivity index (χ1) is 12.8. The van der Waals surface area contributed by atoms with Crippen molar-refractivity contribution in [2.75, 3.05) is 0 Å². The van der Waals surface area contributed by atoms with E-state index in [1.54, 1.807) is 30.3 Å². The van der Waals surface area contributed by atoms with Gasteiger partial charge in [-0.15, -0.1) is 0 Å². The van der Waals surface area contributed by atoms with Crippen molar-refractivity contribution in [2.24, 2.45) is 0 Å². The summed E-state index contributed by atoms with van der Waals surface area (Å²) in [5.41, 5.74) is 2.43. The van der Waals surface area contributed by atoms with E-state index in [0.717, 1.165) is 28.9 Å². The van der Waals surface area contributed by atoms with Crippen LogP contribution in [0.2, 0.25) is 0 Å². The minimum absolute atomic E-state index is 0.127. The molecule has 2 amide bonds. The topological polar surface area (TPSA) is 49.4 Å². The third-order valence-corrected chi connectivity index (χ3v) is 4.88. The lowest BCUT2D eigenvalue weighted by atomic mass is 10.1. The molecule has 4 nitrogen and oxygen atoms in total. The molecule has 0 bridgehead atoms. The zero-order chi connectivity index (χ0) is 19.6. The highest BCUT2D eigenvalue weighted by molar-refractivity contribution is 8.26. The zero-order valence-electron chi connectivity index (χ0n) is 13.5. The van der Waals surface area contributed by atoms with Crippen molar-refractivity contribution < 1.29 is 22.8 Å². The van der Waals surface area contributed by atoms with Gasteiger partial charge in [-0.1, -0.05) is 42.1 Å². The van der Waals surface area contributed by atoms with Crippen molar-refractivity contribution in [3.63, 3.8) is 0 Å². The minimum Gasteiger partial charge on any atom is -0.267 e. The molecule has 1 saturated heterocycles. The van der Waals surface area contributed by atoms with Crippen LogP contribution in [-0.2, 0) is 11.0 Å². The first-order valence-corrected chi connectivity index (χ1v) is 8.79. The number of nitrogens with one attached hydrogen (secondary N) is 1. The first kappa shape index (κ1) is 19.1. The van der Waals surface area contributed by atoms with Crippen molar-refractivity contribution >= 4 is 46.2 Å². The van der Waals surface area contributed by atoms with Crippen LogP contribution in [0.1, 0.15) is 21.5 Å². The second-order valence-electron chi connectivity index (χ2n) is 5.44. The molecule has 1 N–H and O–H groups in total. The molecule has 0 aromatic heterocycles. The molecule has 0 aliphatic carbocycles. The molecule has 1 aliphatic rings. The van der Waals surface area contributed by atoms with E-state index < -0.39 is 23.6 Å². The van der Waals surface area contributed by atoms with E-state index in [-0.39, 0.29) is 9.23 Å². The van der Waals surface area contributed by atoms with Gasteiger partial charge in [-0.25, -0.2) is 0 Å². The summed E-state index contributed by atoms with van der Waals surface area (Å²) in [7, 11) is 0. The number of hydrogen-bond acceptors (Lipinski definition) is 4. The third kappa shape index (κ3) is 4.37. The predicted molar refractivity (Wildman–Crippen MR) is 100 cm³/mol. The molecule has 1 fully saturated rings. The maximum absolute atomic E-state index is 12.6. The Kier molecular flexibility index (Phi) is 5.33. The van der Waals surface area contributed by atoms with Crippen molar-refractivity contribution in [1.29, 1.82) is 0 Å². The summed E-state index contributed by atoms with van der Waals surface area (Å²) in [4.78, 5) is 24.9. The largest absolute Gasteiger partial charge is 0.416 e. The summed E-state index contributed by atoms with van der Waals surface area (Å²) in [5.74, 6) is -1.04. The lowest BCUT2D eigenvalue weighted by Crippen LogP contribution is -2.44. The van der Waals surface area contributed by atoms with Crippen molar-refractivity contribution in [2.45, 2.75) is 6.18 Å². The molecule has 1 aliphatic heterocycles. The number of benzene rings is 2. The number of thioether (sulfide) groups is 1. The van der Waals surface area contributed by atoms with Gasteiger partial charge < -0.3 is 0 Å². The lowest BCUT2D eigenvalue weighted by Gasteiger charge is -2.15. The number of hydrogen-bond donors (Lipinski definition) is 1. The Bertz CT molecular complexity index is 926. The molecular formula is C18H11F3N2O2S2. The number of rotatable bonds is 3. The molecule has 0 saturated carbocycles. The van der Waals surface area contributed by atoms with Gasteiger partial charge in [0.05, 0.1) is 10.5 Å². The fraction of sp³-hybridized carbons (Fsp3) is 0.0556. The van der Waals surface area contributed by atoms with E-state index in [4.69, 9.17) is 12.2 Å². The quantitative estimate of drug-likeness (QED) is 0.609. The van der Waals surface area contributed by atoms with Crippen molar-refractivity contribution in [3.05, 3.63) is 76.2 Å². The maximum atomic E-state index is 12.6. The highest BCUT2D eigenvalue weighted by atomic mass is 32.2. The molecule has 2 aromatic rings. The van der Waals surface area contributed by atoms with Crippen LogP contribution in [0.4, 0.5) is 13.2 Å². The molecule has 27 heavy (non-hydrogen) atoms. The summed E-state index contributed by atoms with van der Waals surface area (Å²) >= 11 is 6.07. The maximum Gasteiger partial charge on any atom is 0.416 e. The predicted octanol–water partition coefficient (Wildman–Crippen LogP) is 4.25. The lowest BCUT2D eigenvalue weighted by molar-refractivity contribution is -0.137.